The van der Waals surface area contributed by atoms with Gasteiger partial charge in [0.05, 0.1) is 24.5 Å². The first-order valence-corrected chi connectivity index (χ1v) is 5.28. The van der Waals surface area contributed by atoms with Crippen molar-refractivity contribution >= 4 is 5.82 Å². The highest BCUT2D eigenvalue weighted by Gasteiger charge is 2.02. The average molecular weight is 251 g/mol. The lowest BCUT2D eigenvalue weighted by Gasteiger charge is -2.04. The van der Waals surface area contributed by atoms with E-state index in [4.69, 9.17) is 5.11 Å². The first-order chi connectivity index (χ1) is 8.60. The Morgan fingerprint density at radius 2 is 2.22 bits per heavy atom. The molecule has 0 saturated heterocycles. The van der Waals surface area contributed by atoms with Gasteiger partial charge in [0, 0.05) is 13.1 Å². The largest absolute Gasteiger partial charge is 0.390 e. The monoisotopic (exact) mass is 251 g/mol. The van der Waals surface area contributed by atoms with Gasteiger partial charge in [-0.1, -0.05) is 0 Å². The molecular formula is C10H13N5O3. The lowest BCUT2D eigenvalue weighted by molar-refractivity contribution is 0.276. The number of rotatable bonds is 4. The first-order valence-electron chi connectivity index (χ1n) is 5.28. The summed E-state index contributed by atoms with van der Waals surface area (Å²) in [5.41, 5.74) is 0.400. The van der Waals surface area contributed by atoms with Crippen molar-refractivity contribution in [1.82, 2.24) is 19.7 Å². The summed E-state index contributed by atoms with van der Waals surface area (Å²) in [4.78, 5) is 25.2. The molecule has 0 fully saturated rings. The highest BCUT2D eigenvalue weighted by molar-refractivity contribution is 5.32. The molecule has 0 aliphatic heterocycles. The quantitative estimate of drug-likeness (QED) is 0.550. The molecule has 0 atom stereocenters. The minimum Gasteiger partial charge on any atom is -0.390 e. The van der Waals surface area contributed by atoms with Crippen molar-refractivity contribution in [3.8, 4) is 0 Å². The van der Waals surface area contributed by atoms with Gasteiger partial charge in [-0.05, 0) is 6.07 Å². The SMILES string of the molecule is Cn1c(=O)cc(NCc2cc(CO)n[nH]2)[nH]c1=O. The number of hydrogen-bond acceptors (Lipinski definition) is 5. The summed E-state index contributed by atoms with van der Waals surface area (Å²) in [6, 6.07) is 2.98. The predicted molar refractivity (Wildman–Crippen MR) is 64.1 cm³/mol. The lowest BCUT2D eigenvalue weighted by Crippen LogP contribution is -2.32. The van der Waals surface area contributed by atoms with Crippen molar-refractivity contribution in [2.75, 3.05) is 5.32 Å². The Hall–Kier alpha value is -2.35. The van der Waals surface area contributed by atoms with E-state index in [-0.39, 0.29) is 12.2 Å². The van der Waals surface area contributed by atoms with E-state index in [1.165, 1.54) is 13.1 Å². The Kier molecular flexibility index (Phi) is 3.28. The number of nitrogens with one attached hydrogen (secondary N) is 3. The fourth-order valence-corrected chi connectivity index (χ4v) is 1.42. The Morgan fingerprint density at radius 3 is 2.83 bits per heavy atom. The molecule has 2 aromatic heterocycles. The van der Waals surface area contributed by atoms with E-state index in [0.29, 0.717) is 18.1 Å². The zero-order valence-electron chi connectivity index (χ0n) is 9.73. The lowest BCUT2D eigenvalue weighted by atomic mass is 10.3. The summed E-state index contributed by atoms with van der Waals surface area (Å²) >= 11 is 0. The molecule has 2 rings (SSSR count). The second-order valence-corrected chi connectivity index (χ2v) is 3.78. The van der Waals surface area contributed by atoms with Gasteiger partial charge in [-0.15, -0.1) is 0 Å². The zero-order valence-corrected chi connectivity index (χ0v) is 9.73. The molecule has 8 nitrogen and oxygen atoms in total. The fraction of sp³-hybridized carbons (Fsp3) is 0.300. The van der Waals surface area contributed by atoms with Gasteiger partial charge in [-0.2, -0.15) is 5.10 Å². The molecule has 0 spiro atoms. The maximum Gasteiger partial charge on any atom is 0.329 e. The molecule has 18 heavy (non-hydrogen) atoms. The molecule has 0 amide bonds. The van der Waals surface area contributed by atoms with E-state index >= 15 is 0 Å². The van der Waals surface area contributed by atoms with Crippen LogP contribution >= 0.6 is 0 Å². The van der Waals surface area contributed by atoms with Gasteiger partial charge in [0.2, 0.25) is 0 Å². The second-order valence-electron chi connectivity index (χ2n) is 3.78. The van der Waals surface area contributed by atoms with Crippen molar-refractivity contribution < 1.29 is 5.11 Å². The van der Waals surface area contributed by atoms with Gasteiger partial charge < -0.3 is 10.4 Å². The summed E-state index contributed by atoms with van der Waals surface area (Å²) in [6.07, 6.45) is 0. The van der Waals surface area contributed by atoms with Crippen LogP contribution in [-0.4, -0.2) is 24.9 Å². The maximum atomic E-state index is 11.4. The molecule has 96 valence electrons. The van der Waals surface area contributed by atoms with Crippen LogP contribution in [0.1, 0.15) is 11.4 Å². The highest BCUT2D eigenvalue weighted by Crippen LogP contribution is 2.02. The second kappa shape index (κ2) is 4.88. The Morgan fingerprint density at radius 1 is 1.44 bits per heavy atom. The molecule has 0 unspecified atom stereocenters. The van der Waals surface area contributed by atoms with Crippen LogP contribution in [0.4, 0.5) is 5.82 Å². The number of aliphatic hydroxyl groups excluding tert-OH is 1. The van der Waals surface area contributed by atoms with Crippen molar-refractivity contribution in [2.24, 2.45) is 7.05 Å². The van der Waals surface area contributed by atoms with Gasteiger partial charge in [0.25, 0.3) is 5.56 Å². The molecular weight excluding hydrogens is 238 g/mol. The smallest absolute Gasteiger partial charge is 0.329 e. The molecule has 2 aromatic rings. The van der Waals surface area contributed by atoms with E-state index in [1.807, 2.05) is 0 Å². The van der Waals surface area contributed by atoms with Crippen molar-refractivity contribution in [1.29, 1.82) is 0 Å². The molecule has 2 heterocycles. The third-order valence-electron chi connectivity index (χ3n) is 2.46. The third kappa shape index (κ3) is 2.48. The van der Waals surface area contributed by atoms with E-state index in [0.717, 1.165) is 10.3 Å². The molecule has 0 aromatic carbocycles. The molecule has 0 bridgehead atoms. The third-order valence-corrected chi connectivity index (χ3v) is 2.46. The highest BCUT2D eigenvalue weighted by atomic mass is 16.3. The number of hydrogen-bond donors (Lipinski definition) is 4. The summed E-state index contributed by atoms with van der Waals surface area (Å²) in [5, 5.41) is 18.3. The number of aromatic nitrogens is 4. The Balaban J connectivity index is 2.11. The van der Waals surface area contributed by atoms with E-state index in [2.05, 4.69) is 20.5 Å². The number of aromatic amines is 2. The summed E-state index contributed by atoms with van der Waals surface area (Å²) in [6.45, 7) is 0.218. The van der Waals surface area contributed by atoms with Crippen LogP contribution < -0.4 is 16.6 Å². The fourth-order valence-electron chi connectivity index (χ4n) is 1.42. The molecule has 0 aliphatic carbocycles. The molecule has 0 aliphatic rings. The van der Waals surface area contributed by atoms with Gasteiger partial charge in [-0.3, -0.25) is 19.4 Å². The summed E-state index contributed by atoms with van der Waals surface area (Å²) in [5.74, 6) is 0.336. The first kappa shape index (κ1) is 12.1. The topological polar surface area (TPSA) is 116 Å². The van der Waals surface area contributed by atoms with Crippen LogP contribution in [-0.2, 0) is 20.2 Å². The van der Waals surface area contributed by atoms with Gasteiger partial charge in [0.1, 0.15) is 5.82 Å². The Bertz CT molecular complexity index is 623. The van der Waals surface area contributed by atoms with Crippen molar-refractivity contribution in [3.05, 3.63) is 44.4 Å². The van der Waals surface area contributed by atoms with Crippen LogP contribution in [0.5, 0.6) is 0 Å². The number of H-pyrrole nitrogens is 2. The van der Waals surface area contributed by atoms with Gasteiger partial charge in [0.15, 0.2) is 0 Å². The minimum atomic E-state index is -0.481. The van der Waals surface area contributed by atoms with Crippen LogP contribution in [0, 0.1) is 0 Å². The predicted octanol–water partition coefficient (Wildman–Crippen LogP) is -1.10. The average Bonchev–Trinajstić information content (AvgIpc) is 2.81. The molecule has 4 N–H and O–H groups in total. The van der Waals surface area contributed by atoms with Crippen LogP contribution in [0.3, 0.4) is 0 Å². The minimum absolute atomic E-state index is 0.140. The van der Waals surface area contributed by atoms with Gasteiger partial charge >= 0.3 is 5.69 Å². The van der Waals surface area contributed by atoms with E-state index in [1.54, 1.807) is 6.07 Å². The van der Waals surface area contributed by atoms with Crippen molar-refractivity contribution in [2.45, 2.75) is 13.2 Å². The summed E-state index contributed by atoms with van der Waals surface area (Å²) < 4.78 is 0.977. The normalized spacial score (nSPS) is 10.6. The van der Waals surface area contributed by atoms with Gasteiger partial charge in [-0.25, -0.2) is 4.79 Å². The zero-order chi connectivity index (χ0) is 13.1. The number of aliphatic hydroxyl groups is 1. The number of anilines is 1. The summed E-state index contributed by atoms with van der Waals surface area (Å²) in [7, 11) is 1.40. The maximum absolute atomic E-state index is 11.4. The van der Waals surface area contributed by atoms with E-state index in [9.17, 15) is 9.59 Å². The van der Waals surface area contributed by atoms with Crippen molar-refractivity contribution in [3.63, 3.8) is 0 Å². The standard InChI is InChI=1S/C10H13N5O3/c1-15-9(17)3-8(12-10(15)18)11-4-6-2-7(5-16)14-13-6/h2-3,11,16H,4-5H2,1H3,(H,12,18)(H,13,14). The Labute approximate surface area is 101 Å². The van der Waals surface area contributed by atoms with Crippen LogP contribution in [0.15, 0.2) is 21.7 Å². The molecule has 0 radical (unpaired) electrons. The molecule has 0 saturated carbocycles. The number of nitrogens with zero attached hydrogens (tertiary/aromatic N) is 2. The van der Waals surface area contributed by atoms with Crippen LogP contribution in [0.25, 0.3) is 0 Å². The van der Waals surface area contributed by atoms with E-state index < -0.39 is 5.69 Å². The molecule has 8 heteroatoms. The van der Waals surface area contributed by atoms with Crippen LogP contribution in [0.2, 0.25) is 0 Å².